The Morgan fingerprint density at radius 3 is 2.89 bits per heavy atom. The van der Waals surface area contributed by atoms with Crippen LogP contribution in [0.15, 0.2) is 47.2 Å². The molecule has 0 aliphatic heterocycles. The van der Waals surface area contributed by atoms with Crippen LogP contribution < -0.4 is 10.5 Å². The first-order chi connectivity index (χ1) is 8.65. The van der Waals surface area contributed by atoms with Crippen molar-refractivity contribution in [3.8, 4) is 5.75 Å². The average Bonchev–Trinajstić information content (AvgIpc) is 2.36. The van der Waals surface area contributed by atoms with E-state index >= 15 is 0 Å². The number of benzene rings is 1. The summed E-state index contributed by atoms with van der Waals surface area (Å²) >= 11 is 3.30. The van der Waals surface area contributed by atoms with Gasteiger partial charge >= 0.3 is 0 Å². The van der Waals surface area contributed by atoms with Crippen molar-refractivity contribution < 1.29 is 9.84 Å². The fourth-order valence-corrected chi connectivity index (χ4v) is 1.85. The van der Waals surface area contributed by atoms with Crippen LogP contribution in [0.25, 0.3) is 0 Å². The van der Waals surface area contributed by atoms with Gasteiger partial charge in [-0.2, -0.15) is 0 Å². The molecule has 18 heavy (non-hydrogen) atoms. The van der Waals surface area contributed by atoms with Gasteiger partial charge in [0.1, 0.15) is 18.5 Å². The summed E-state index contributed by atoms with van der Waals surface area (Å²) < 4.78 is 6.29. The Balaban J connectivity index is 1.98. The van der Waals surface area contributed by atoms with E-state index in [1.807, 2.05) is 6.07 Å². The van der Waals surface area contributed by atoms with Gasteiger partial charge in [0.05, 0.1) is 6.20 Å². The van der Waals surface area contributed by atoms with Crippen molar-refractivity contribution in [2.24, 2.45) is 0 Å². The smallest absolute Gasteiger partial charge is 0.138 e. The van der Waals surface area contributed by atoms with Crippen LogP contribution in [0, 0.1) is 0 Å². The molecule has 1 aromatic carbocycles. The highest BCUT2D eigenvalue weighted by Gasteiger charge is 2.08. The third-order valence-electron chi connectivity index (χ3n) is 2.38. The van der Waals surface area contributed by atoms with Crippen molar-refractivity contribution >= 4 is 21.6 Å². The van der Waals surface area contributed by atoms with Gasteiger partial charge in [-0.25, -0.2) is 0 Å². The van der Waals surface area contributed by atoms with E-state index in [0.717, 1.165) is 10.0 Å². The predicted molar refractivity (Wildman–Crippen MR) is 73.2 cm³/mol. The van der Waals surface area contributed by atoms with Crippen LogP contribution in [0.2, 0.25) is 0 Å². The number of nitrogens with zero attached hydrogens (tertiary/aromatic N) is 1. The van der Waals surface area contributed by atoms with Gasteiger partial charge in [-0.15, -0.1) is 0 Å². The van der Waals surface area contributed by atoms with E-state index in [1.165, 1.54) is 0 Å². The highest BCUT2D eigenvalue weighted by molar-refractivity contribution is 9.10. The molecule has 0 fully saturated rings. The summed E-state index contributed by atoms with van der Waals surface area (Å²) in [6.45, 7) is 0.154. The molecule has 2 aromatic rings. The van der Waals surface area contributed by atoms with E-state index in [4.69, 9.17) is 10.5 Å². The van der Waals surface area contributed by atoms with Crippen molar-refractivity contribution in [2.45, 2.75) is 6.10 Å². The molecule has 0 bridgehead atoms. The number of ether oxygens (including phenoxy) is 1. The SMILES string of the molecule is Nc1cccc(C(O)COc2cncc(Br)c2)c1. The number of pyridine rings is 1. The number of hydrogen-bond acceptors (Lipinski definition) is 4. The molecule has 1 heterocycles. The molecule has 1 atom stereocenters. The summed E-state index contributed by atoms with van der Waals surface area (Å²) in [4.78, 5) is 3.98. The van der Waals surface area contributed by atoms with Crippen molar-refractivity contribution in [3.05, 3.63) is 52.8 Å². The third kappa shape index (κ3) is 3.45. The van der Waals surface area contributed by atoms with E-state index in [2.05, 4.69) is 20.9 Å². The number of halogens is 1. The van der Waals surface area contributed by atoms with E-state index in [-0.39, 0.29) is 6.61 Å². The van der Waals surface area contributed by atoms with Crippen LogP contribution in [0.3, 0.4) is 0 Å². The van der Waals surface area contributed by atoms with Crippen LogP contribution in [-0.4, -0.2) is 16.7 Å². The fraction of sp³-hybridized carbons (Fsp3) is 0.154. The second kappa shape index (κ2) is 5.84. The minimum atomic E-state index is -0.715. The maximum Gasteiger partial charge on any atom is 0.138 e. The van der Waals surface area contributed by atoms with E-state index in [0.29, 0.717) is 11.4 Å². The summed E-state index contributed by atoms with van der Waals surface area (Å²) in [5.74, 6) is 0.604. The number of rotatable bonds is 4. The Morgan fingerprint density at radius 1 is 1.33 bits per heavy atom. The molecule has 0 radical (unpaired) electrons. The number of aliphatic hydroxyl groups excluding tert-OH is 1. The summed E-state index contributed by atoms with van der Waals surface area (Å²) in [5, 5.41) is 9.96. The number of aromatic nitrogens is 1. The van der Waals surface area contributed by atoms with Crippen molar-refractivity contribution in [3.63, 3.8) is 0 Å². The zero-order valence-electron chi connectivity index (χ0n) is 9.58. The highest BCUT2D eigenvalue weighted by atomic mass is 79.9. The second-order valence-electron chi connectivity index (χ2n) is 3.84. The lowest BCUT2D eigenvalue weighted by Crippen LogP contribution is -2.10. The predicted octanol–water partition coefficient (Wildman–Crippen LogP) is 2.54. The molecule has 1 unspecified atom stereocenters. The summed E-state index contributed by atoms with van der Waals surface area (Å²) in [6.07, 6.45) is 2.55. The summed E-state index contributed by atoms with van der Waals surface area (Å²) in [7, 11) is 0. The molecule has 2 rings (SSSR count). The van der Waals surface area contributed by atoms with Crippen LogP contribution >= 0.6 is 15.9 Å². The summed E-state index contributed by atoms with van der Waals surface area (Å²) in [6, 6.07) is 8.90. The molecule has 94 valence electrons. The lowest BCUT2D eigenvalue weighted by atomic mass is 10.1. The normalized spacial score (nSPS) is 12.1. The maximum absolute atomic E-state index is 9.96. The molecule has 0 aliphatic rings. The van der Waals surface area contributed by atoms with Crippen molar-refractivity contribution in [1.82, 2.24) is 4.98 Å². The summed E-state index contributed by atoms with van der Waals surface area (Å²) in [5.41, 5.74) is 7.01. The quantitative estimate of drug-likeness (QED) is 0.852. The Bertz CT molecular complexity index is 534. The zero-order valence-corrected chi connectivity index (χ0v) is 11.2. The Kier molecular flexibility index (Phi) is 4.17. The average molecular weight is 309 g/mol. The van der Waals surface area contributed by atoms with Gasteiger partial charge in [-0.1, -0.05) is 12.1 Å². The van der Waals surface area contributed by atoms with Crippen molar-refractivity contribution in [2.75, 3.05) is 12.3 Å². The Hall–Kier alpha value is -1.59. The largest absolute Gasteiger partial charge is 0.489 e. The number of aliphatic hydroxyl groups is 1. The molecular weight excluding hydrogens is 296 g/mol. The van der Waals surface area contributed by atoms with Gasteiger partial charge in [-0.3, -0.25) is 4.98 Å². The van der Waals surface area contributed by atoms with Crippen molar-refractivity contribution in [1.29, 1.82) is 0 Å². The maximum atomic E-state index is 9.96. The molecule has 0 saturated heterocycles. The number of nitrogens with two attached hydrogens (primary N) is 1. The van der Waals surface area contributed by atoms with E-state index in [1.54, 1.807) is 36.7 Å². The topological polar surface area (TPSA) is 68.4 Å². The first-order valence-corrected chi connectivity index (χ1v) is 6.21. The van der Waals surface area contributed by atoms with Gasteiger partial charge < -0.3 is 15.6 Å². The number of nitrogen functional groups attached to an aromatic ring is 1. The van der Waals surface area contributed by atoms with Crippen LogP contribution in [0.1, 0.15) is 11.7 Å². The van der Waals surface area contributed by atoms with E-state index < -0.39 is 6.10 Å². The Labute approximate surface area is 114 Å². The van der Waals surface area contributed by atoms with Gasteiger partial charge in [0.15, 0.2) is 0 Å². The number of hydrogen-bond donors (Lipinski definition) is 2. The van der Waals surface area contributed by atoms with Crippen LogP contribution in [0.4, 0.5) is 5.69 Å². The lowest BCUT2D eigenvalue weighted by Gasteiger charge is -2.13. The van der Waals surface area contributed by atoms with Gasteiger partial charge in [0.2, 0.25) is 0 Å². The minimum Gasteiger partial charge on any atom is -0.489 e. The van der Waals surface area contributed by atoms with E-state index in [9.17, 15) is 5.11 Å². The highest BCUT2D eigenvalue weighted by Crippen LogP contribution is 2.19. The Morgan fingerprint density at radius 2 is 2.17 bits per heavy atom. The molecule has 3 N–H and O–H groups in total. The monoisotopic (exact) mass is 308 g/mol. The zero-order chi connectivity index (χ0) is 13.0. The van der Waals surface area contributed by atoms with Crippen LogP contribution in [-0.2, 0) is 0 Å². The molecule has 0 aliphatic carbocycles. The second-order valence-corrected chi connectivity index (χ2v) is 4.75. The molecule has 0 spiro atoms. The van der Waals surface area contributed by atoms with Gasteiger partial charge in [0, 0.05) is 16.4 Å². The standard InChI is InChI=1S/C13H13BrN2O2/c14-10-5-12(7-16-6-10)18-8-13(17)9-2-1-3-11(15)4-9/h1-7,13,17H,8,15H2. The molecule has 5 heteroatoms. The molecule has 0 saturated carbocycles. The minimum absolute atomic E-state index is 0.154. The first-order valence-electron chi connectivity index (χ1n) is 5.42. The first kappa shape index (κ1) is 12.9. The van der Waals surface area contributed by atoms with Gasteiger partial charge in [-0.05, 0) is 39.7 Å². The molecule has 0 amide bonds. The molecule has 1 aromatic heterocycles. The van der Waals surface area contributed by atoms with Crippen LogP contribution in [0.5, 0.6) is 5.75 Å². The lowest BCUT2D eigenvalue weighted by molar-refractivity contribution is 0.108. The fourth-order valence-electron chi connectivity index (χ4n) is 1.51. The molecule has 4 nitrogen and oxygen atoms in total. The van der Waals surface area contributed by atoms with Gasteiger partial charge in [0.25, 0.3) is 0 Å². The molecular formula is C13H13BrN2O2. The third-order valence-corrected chi connectivity index (χ3v) is 2.82. The number of anilines is 1.